The molecule has 0 aliphatic heterocycles. The predicted octanol–water partition coefficient (Wildman–Crippen LogP) is 7.76. The Morgan fingerprint density at radius 2 is 1.51 bits per heavy atom. The second kappa shape index (κ2) is 10.7. The van der Waals surface area contributed by atoms with E-state index in [9.17, 15) is 23.1 Å². The summed E-state index contributed by atoms with van der Waals surface area (Å²) < 4.78 is 41.8. The van der Waals surface area contributed by atoms with Gasteiger partial charge in [0.05, 0.1) is 22.9 Å². The van der Waals surface area contributed by atoms with Gasteiger partial charge in [-0.15, -0.1) is 0 Å². The normalized spacial score (nSPS) is 11.4. The molecule has 0 aliphatic carbocycles. The van der Waals surface area contributed by atoms with Gasteiger partial charge in [-0.3, -0.25) is 4.79 Å². The van der Waals surface area contributed by atoms with Crippen molar-refractivity contribution in [1.29, 1.82) is 0 Å². The first kappa shape index (κ1) is 26.1. The second-order valence-electron chi connectivity index (χ2n) is 8.75. The van der Waals surface area contributed by atoms with E-state index >= 15 is 0 Å². The number of aromatic hydroxyl groups is 1. The molecule has 0 aliphatic rings. The fourth-order valence-electron chi connectivity index (χ4n) is 4.15. The number of anilines is 1. The van der Waals surface area contributed by atoms with E-state index in [1.165, 1.54) is 12.1 Å². The number of carbonyl (C=O) groups excluding carboxylic acids is 1. The number of benzene rings is 4. The molecule has 1 N–H and O–H groups in total. The lowest BCUT2D eigenvalue weighted by Gasteiger charge is -2.23. The minimum atomic E-state index is -4.65. The number of halogens is 4. The van der Waals surface area contributed by atoms with Gasteiger partial charge >= 0.3 is 6.18 Å². The highest BCUT2D eigenvalue weighted by molar-refractivity contribution is 6.32. The molecule has 5 rings (SSSR count). The molecule has 9 heteroatoms. The van der Waals surface area contributed by atoms with Crippen LogP contribution in [0.3, 0.4) is 0 Å². The highest BCUT2D eigenvalue weighted by Crippen LogP contribution is 2.35. The summed E-state index contributed by atoms with van der Waals surface area (Å²) in [5, 5.41) is 13.7. The fourth-order valence-corrected chi connectivity index (χ4v) is 4.37. The van der Waals surface area contributed by atoms with Gasteiger partial charge in [0.2, 0.25) is 0 Å². The van der Waals surface area contributed by atoms with Crippen LogP contribution in [0, 0.1) is 0 Å². The Morgan fingerprint density at radius 1 is 0.872 bits per heavy atom. The predicted molar refractivity (Wildman–Crippen MR) is 144 cm³/mol. The molecule has 0 atom stereocenters. The number of aromatic nitrogens is 2. The topological polar surface area (TPSA) is 58.4 Å². The Labute approximate surface area is 227 Å². The first-order chi connectivity index (χ1) is 18.7. The third-order valence-corrected chi connectivity index (χ3v) is 6.42. The van der Waals surface area contributed by atoms with Gasteiger partial charge in [0, 0.05) is 16.8 Å². The van der Waals surface area contributed by atoms with Crippen molar-refractivity contribution in [3.63, 3.8) is 0 Å². The van der Waals surface area contributed by atoms with Gasteiger partial charge in [-0.05, 0) is 60.2 Å². The number of para-hydroxylation sites is 1. The van der Waals surface area contributed by atoms with E-state index in [0.29, 0.717) is 22.5 Å². The molecule has 4 aromatic carbocycles. The summed E-state index contributed by atoms with van der Waals surface area (Å²) in [4.78, 5) is 15.2. The van der Waals surface area contributed by atoms with E-state index in [4.69, 9.17) is 11.6 Å². The number of hydrogen-bond donors (Lipinski definition) is 1. The maximum atomic E-state index is 13.6. The highest BCUT2D eigenvalue weighted by Gasteiger charge is 2.35. The van der Waals surface area contributed by atoms with Crippen molar-refractivity contribution in [3.05, 3.63) is 131 Å². The van der Waals surface area contributed by atoms with Crippen molar-refractivity contribution < 1.29 is 23.1 Å². The number of alkyl halides is 3. The van der Waals surface area contributed by atoms with E-state index in [2.05, 4.69) is 5.10 Å². The molecule has 0 saturated heterocycles. The van der Waals surface area contributed by atoms with Crippen LogP contribution in [0.25, 0.3) is 16.9 Å². The summed E-state index contributed by atoms with van der Waals surface area (Å²) in [6.07, 6.45) is -4.65. The molecule has 1 heterocycles. The summed E-state index contributed by atoms with van der Waals surface area (Å²) in [6.45, 7) is 0.278. The Kier molecular flexibility index (Phi) is 7.13. The molecule has 0 spiro atoms. The Balaban J connectivity index is 1.51. The zero-order chi connectivity index (χ0) is 27.6. The van der Waals surface area contributed by atoms with Crippen molar-refractivity contribution in [3.8, 4) is 22.7 Å². The number of amides is 1. The third-order valence-electron chi connectivity index (χ3n) is 6.10. The maximum absolute atomic E-state index is 13.6. The Morgan fingerprint density at radius 3 is 2.15 bits per heavy atom. The summed E-state index contributed by atoms with van der Waals surface area (Å²) in [5.41, 5.74) is 1.66. The lowest BCUT2D eigenvalue weighted by Crippen LogP contribution is -2.30. The Bertz CT molecular complexity index is 1600. The minimum Gasteiger partial charge on any atom is -0.508 e. The van der Waals surface area contributed by atoms with Crippen LogP contribution in [0.15, 0.2) is 109 Å². The van der Waals surface area contributed by atoms with Gasteiger partial charge in [-0.25, -0.2) is 4.68 Å². The number of nitrogens with zero attached hydrogens (tertiary/aromatic N) is 3. The van der Waals surface area contributed by atoms with Gasteiger partial charge in [0.25, 0.3) is 5.91 Å². The molecule has 39 heavy (non-hydrogen) atoms. The van der Waals surface area contributed by atoms with Crippen LogP contribution in [0.4, 0.5) is 18.9 Å². The van der Waals surface area contributed by atoms with E-state index in [0.717, 1.165) is 16.3 Å². The van der Waals surface area contributed by atoms with E-state index < -0.39 is 11.9 Å². The second-order valence-corrected chi connectivity index (χ2v) is 9.15. The van der Waals surface area contributed by atoms with Crippen molar-refractivity contribution in [2.24, 2.45) is 0 Å². The lowest BCUT2D eigenvalue weighted by molar-refractivity contribution is -0.141. The van der Waals surface area contributed by atoms with Gasteiger partial charge in [0.15, 0.2) is 5.69 Å². The summed E-state index contributed by atoms with van der Waals surface area (Å²) >= 11 is 6.27. The molecule has 0 saturated carbocycles. The fraction of sp³-hybridized carbons (Fsp3) is 0.0667. The average molecular weight is 548 g/mol. The monoisotopic (exact) mass is 547 g/mol. The van der Waals surface area contributed by atoms with Crippen LogP contribution in [-0.4, -0.2) is 20.8 Å². The summed E-state index contributed by atoms with van der Waals surface area (Å²) in [6, 6.07) is 29.4. The quantitative estimate of drug-likeness (QED) is 0.236. The minimum absolute atomic E-state index is 0.0728. The largest absolute Gasteiger partial charge is 0.508 e. The summed E-state index contributed by atoms with van der Waals surface area (Å²) in [5.74, 6) is -0.241. The average Bonchev–Trinajstić information content (AvgIpc) is 3.39. The number of phenolic OH excluding ortho intramolecular Hbond substituents is 1. The Hall–Kier alpha value is -4.56. The number of carbonyl (C=O) groups is 1. The zero-order valence-corrected chi connectivity index (χ0v) is 21.1. The molecule has 0 radical (unpaired) electrons. The first-order valence-corrected chi connectivity index (χ1v) is 12.3. The SMILES string of the molecule is O=C(c1ccc(-c2cc(C(F)(F)F)nn2-c2ccccc2Cl)cc1)N(Cc1ccccc1)c1ccc(O)cc1. The van der Waals surface area contributed by atoms with Crippen molar-refractivity contribution >= 4 is 23.2 Å². The van der Waals surface area contributed by atoms with Gasteiger partial charge in [-0.2, -0.15) is 18.3 Å². The number of rotatable bonds is 6. The number of hydrogen-bond acceptors (Lipinski definition) is 3. The molecule has 5 aromatic rings. The molecule has 0 unspecified atom stereocenters. The van der Waals surface area contributed by atoms with Crippen molar-refractivity contribution in [2.75, 3.05) is 4.90 Å². The molecule has 196 valence electrons. The van der Waals surface area contributed by atoms with E-state index in [-0.39, 0.29) is 28.9 Å². The number of phenols is 1. The molecule has 0 fully saturated rings. The third kappa shape index (κ3) is 5.66. The van der Waals surface area contributed by atoms with E-state index in [1.807, 2.05) is 30.3 Å². The molecule has 0 bridgehead atoms. The molecular formula is C30H21ClF3N3O2. The molecular weight excluding hydrogens is 527 g/mol. The van der Waals surface area contributed by atoms with Crippen LogP contribution < -0.4 is 4.90 Å². The van der Waals surface area contributed by atoms with E-state index in [1.54, 1.807) is 65.6 Å². The van der Waals surface area contributed by atoms with Crippen LogP contribution in [0.5, 0.6) is 5.75 Å². The molecule has 5 nitrogen and oxygen atoms in total. The first-order valence-electron chi connectivity index (χ1n) is 11.9. The van der Waals surface area contributed by atoms with Crippen LogP contribution in [0.1, 0.15) is 21.6 Å². The molecule has 1 aromatic heterocycles. The van der Waals surface area contributed by atoms with Gasteiger partial charge < -0.3 is 10.0 Å². The van der Waals surface area contributed by atoms with Crippen molar-refractivity contribution in [1.82, 2.24) is 9.78 Å². The summed E-state index contributed by atoms with van der Waals surface area (Å²) in [7, 11) is 0. The maximum Gasteiger partial charge on any atom is 0.435 e. The zero-order valence-electron chi connectivity index (χ0n) is 20.3. The van der Waals surface area contributed by atoms with Crippen molar-refractivity contribution in [2.45, 2.75) is 12.7 Å². The smallest absolute Gasteiger partial charge is 0.435 e. The highest BCUT2D eigenvalue weighted by atomic mass is 35.5. The van der Waals surface area contributed by atoms with Gasteiger partial charge in [-0.1, -0.05) is 66.2 Å². The lowest BCUT2D eigenvalue weighted by atomic mass is 10.1. The van der Waals surface area contributed by atoms with Crippen LogP contribution >= 0.6 is 11.6 Å². The van der Waals surface area contributed by atoms with Crippen LogP contribution in [-0.2, 0) is 12.7 Å². The standard InChI is InChI=1S/C30H21ClF3N3O2/c31-25-8-4-5-9-26(25)37-27(18-28(35-37)30(32,33)34)21-10-12-22(13-11-21)29(39)36(19-20-6-2-1-3-7-20)23-14-16-24(38)17-15-23/h1-18,38H,19H2. The van der Waals surface area contributed by atoms with Crippen LogP contribution in [0.2, 0.25) is 5.02 Å². The van der Waals surface area contributed by atoms with Gasteiger partial charge in [0.1, 0.15) is 5.75 Å². The molecule has 1 amide bonds.